The van der Waals surface area contributed by atoms with Crippen LogP contribution in [0.25, 0.3) is 0 Å². The Labute approximate surface area is 169 Å². The van der Waals surface area contributed by atoms with Crippen LogP contribution in [0, 0.1) is 11.8 Å². The van der Waals surface area contributed by atoms with E-state index in [-0.39, 0.29) is 36.0 Å². The fourth-order valence-electron chi connectivity index (χ4n) is 4.79. The third kappa shape index (κ3) is 5.59. The van der Waals surface area contributed by atoms with E-state index in [9.17, 15) is 9.59 Å². The molecule has 0 N–H and O–H groups in total. The van der Waals surface area contributed by atoms with Crippen molar-refractivity contribution >= 4 is 11.9 Å². The minimum atomic E-state index is -0.266. The van der Waals surface area contributed by atoms with Crippen LogP contribution in [-0.2, 0) is 14.3 Å². The van der Waals surface area contributed by atoms with Crippen molar-refractivity contribution in [3.05, 3.63) is 35.9 Å². The van der Waals surface area contributed by atoms with Gasteiger partial charge < -0.3 is 9.47 Å². The van der Waals surface area contributed by atoms with Gasteiger partial charge in [-0.15, -0.1) is 0 Å². The number of rotatable bonds is 11. The molecule has 0 aromatic heterocycles. The van der Waals surface area contributed by atoms with Crippen molar-refractivity contribution in [2.45, 2.75) is 89.8 Å². The molecule has 1 aromatic carbocycles. The van der Waals surface area contributed by atoms with E-state index < -0.39 is 0 Å². The topological polar surface area (TPSA) is 52.6 Å². The predicted molar refractivity (Wildman–Crippen MR) is 109 cm³/mol. The maximum Gasteiger partial charge on any atom is 0.338 e. The third-order valence-electron chi connectivity index (χ3n) is 6.31. The van der Waals surface area contributed by atoms with E-state index in [2.05, 4.69) is 6.92 Å². The molecule has 1 heterocycles. The highest BCUT2D eigenvalue weighted by molar-refractivity contribution is 5.89. The molecule has 2 aliphatic rings. The van der Waals surface area contributed by atoms with Crippen LogP contribution in [-0.4, -0.2) is 24.1 Å². The summed E-state index contributed by atoms with van der Waals surface area (Å²) in [7, 11) is 0. The summed E-state index contributed by atoms with van der Waals surface area (Å²) in [6, 6.07) is 9.15. The highest BCUT2D eigenvalue weighted by Gasteiger charge is 2.51. The molecule has 154 valence electrons. The van der Waals surface area contributed by atoms with Gasteiger partial charge in [0.2, 0.25) is 0 Å². The molecule has 1 aromatic rings. The van der Waals surface area contributed by atoms with Crippen molar-refractivity contribution in [3.8, 4) is 0 Å². The van der Waals surface area contributed by atoms with Gasteiger partial charge >= 0.3 is 11.9 Å². The van der Waals surface area contributed by atoms with Gasteiger partial charge in [-0.3, -0.25) is 4.79 Å². The molecule has 4 nitrogen and oxygen atoms in total. The Kier molecular flexibility index (Phi) is 7.93. The van der Waals surface area contributed by atoms with E-state index in [0.29, 0.717) is 18.4 Å². The Bertz CT molecular complexity index is 627. The van der Waals surface area contributed by atoms with Crippen molar-refractivity contribution in [1.29, 1.82) is 0 Å². The van der Waals surface area contributed by atoms with Gasteiger partial charge in [-0.2, -0.15) is 0 Å². The molecule has 1 saturated carbocycles. The Hall–Kier alpha value is -1.84. The molecule has 28 heavy (non-hydrogen) atoms. The highest BCUT2D eigenvalue weighted by atomic mass is 16.6. The number of carbonyl (C=O) groups excluding carboxylic acids is 2. The maximum atomic E-state index is 12.5. The number of unbranched alkanes of at least 4 members (excludes halogenated alkanes) is 7. The molecular formula is C24H34O4. The summed E-state index contributed by atoms with van der Waals surface area (Å²) in [5, 5.41) is 0. The average Bonchev–Trinajstić information content (AvgIpc) is 3.20. The number of ether oxygens (including phenoxy) is 2. The van der Waals surface area contributed by atoms with Gasteiger partial charge in [0, 0.05) is 18.3 Å². The molecule has 1 aliphatic carbocycles. The van der Waals surface area contributed by atoms with Crippen LogP contribution in [0.15, 0.2) is 30.3 Å². The largest absolute Gasteiger partial charge is 0.462 e. The average molecular weight is 387 g/mol. The zero-order valence-corrected chi connectivity index (χ0v) is 17.1. The number of esters is 2. The Balaban J connectivity index is 1.48. The van der Waals surface area contributed by atoms with Gasteiger partial charge in [0.05, 0.1) is 12.0 Å². The molecular weight excluding hydrogens is 352 g/mol. The monoisotopic (exact) mass is 386 g/mol. The molecule has 4 atom stereocenters. The van der Waals surface area contributed by atoms with Crippen molar-refractivity contribution in [2.75, 3.05) is 0 Å². The number of carbonyl (C=O) groups is 2. The minimum Gasteiger partial charge on any atom is -0.462 e. The molecule has 0 bridgehead atoms. The van der Waals surface area contributed by atoms with E-state index in [0.717, 1.165) is 12.8 Å². The second kappa shape index (κ2) is 10.6. The molecule has 4 heteroatoms. The highest BCUT2D eigenvalue weighted by Crippen LogP contribution is 2.45. The van der Waals surface area contributed by atoms with Crippen molar-refractivity contribution in [1.82, 2.24) is 0 Å². The van der Waals surface area contributed by atoms with Gasteiger partial charge in [0.15, 0.2) is 0 Å². The molecule has 2 fully saturated rings. The van der Waals surface area contributed by atoms with E-state index in [1.165, 1.54) is 44.9 Å². The first-order valence-corrected chi connectivity index (χ1v) is 11.1. The second-order valence-corrected chi connectivity index (χ2v) is 8.37. The van der Waals surface area contributed by atoms with Crippen LogP contribution < -0.4 is 0 Å². The molecule has 1 aliphatic heterocycles. The number of fused-ring (bicyclic) bond motifs is 1. The minimum absolute atomic E-state index is 0.0693. The lowest BCUT2D eigenvalue weighted by Gasteiger charge is -2.23. The van der Waals surface area contributed by atoms with Crippen molar-refractivity contribution in [2.24, 2.45) is 11.8 Å². The van der Waals surface area contributed by atoms with Gasteiger partial charge in [-0.1, -0.05) is 76.5 Å². The van der Waals surface area contributed by atoms with E-state index in [4.69, 9.17) is 9.47 Å². The fourth-order valence-corrected chi connectivity index (χ4v) is 4.79. The van der Waals surface area contributed by atoms with E-state index >= 15 is 0 Å². The Morgan fingerprint density at radius 3 is 2.43 bits per heavy atom. The third-order valence-corrected chi connectivity index (χ3v) is 6.31. The van der Waals surface area contributed by atoms with Crippen molar-refractivity contribution < 1.29 is 19.1 Å². The summed E-state index contributed by atoms with van der Waals surface area (Å²) in [5.41, 5.74) is 0.586. The van der Waals surface area contributed by atoms with Gasteiger partial charge in [-0.25, -0.2) is 4.79 Å². The zero-order valence-electron chi connectivity index (χ0n) is 17.1. The van der Waals surface area contributed by atoms with Crippen LogP contribution in [0.3, 0.4) is 0 Å². The lowest BCUT2D eigenvalue weighted by Crippen LogP contribution is -2.26. The normalized spacial score (nSPS) is 26.1. The Morgan fingerprint density at radius 1 is 1.04 bits per heavy atom. The van der Waals surface area contributed by atoms with Gasteiger partial charge in [-0.05, 0) is 18.6 Å². The SMILES string of the molecule is CCCCCCCCCC[C@H]1[C@H](OC(=O)c2ccccc2)CC2OC(=O)C[C@@H]21. The predicted octanol–water partition coefficient (Wildman–Crippen LogP) is 5.69. The number of hydrogen-bond donors (Lipinski definition) is 0. The van der Waals surface area contributed by atoms with Crippen LogP contribution >= 0.6 is 0 Å². The van der Waals surface area contributed by atoms with Crippen LogP contribution in [0.2, 0.25) is 0 Å². The standard InChI is InChI=1S/C24H34O4/c1-2-3-4-5-6-7-8-12-15-19-20-16-23(25)27-22(20)17-21(19)28-24(26)18-13-10-9-11-14-18/h9-11,13-14,19-22H,2-8,12,15-17H2,1H3/t19-,20-,21-,22?/m1/s1. The zero-order chi connectivity index (χ0) is 19.8. The summed E-state index contributed by atoms with van der Waals surface area (Å²) in [6.07, 6.45) is 12.2. The summed E-state index contributed by atoms with van der Waals surface area (Å²) >= 11 is 0. The summed E-state index contributed by atoms with van der Waals surface area (Å²) in [4.78, 5) is 24.2. The molecule has 0 amide bonds. The molecule has 3 rings (SSSR count). The maximum absolute atomic E-state index is 12.5. The quantitative estimate of drug-likeness (QED) is 0.362. The molecule has 0 radical (unpaired) electrons. The summed E-state index contributed by atoms with van der Waals surface area (Å²) in [5.74, 6) is 0.0939. The lowest BCUT2D eigenvalue weighted by molar-refractivity contribution is -0.141. The second-order valence-electron chi connectivity index (χ2n) is 8.37. The number of hydrogen-bond acceptors (Lipinski definition) is 4. The molecule has 1 unspecified atom stereocenters. The van der Waals surface area contributed by atoms with Gasteiger partial charge in [0.25, 0.3) is 0 Å². The van der Waals surface area contributed by atoms with Crippen LogP contribution in [0.4, 0.5) is 0 Å². The first-order valence-electron chi connectivity index (χ1n) is 11.1. The van der Waals surface area contributed by atoms with E-state index in [1.807, 2.05) is 18.2 Å². The first kappa shape index (κ1) is 20.9. The summed E-state index contributed by atoms with van der Waals surface area (Å²) in [6.45, 7) is 2.24. The van der Waals surface area contributed by atoms with Gasteiger partial charge in [0.1, 0.15) is 12.2 Å². The van der Waals surface area contributed by atoms with Crippen molar-refractivity contribution in [3.63, 3.8) is 0 Å². The lowest BCUT2D eigenvalue weighted by atomic mass is 9.87. The first-order chi connectivity index (χ1) is 13.7. The smallest absolute Gasteiger partial charge is 0.338 e. The van der Waals surface area contributed by atoms with E-state index in [1.54, 1.807) is 12.1 Å². The summed E-state index contributed by atoms with van der Waals surface area (Å²) < 4.78 is 11.4. The molecule has 1 saturated heterocycles. The fraction of sp³-hybridized carbons (Fsp3) is 0.667. The van der Waals surface area contributed by atoms with Crippen LogP contribution in [0.1, 0.15) is 87.9 Å². The Morgan fingerprint density at radius 2 is 1.71 bits per heavy atom. The molecule has 0 spiro atoms. The number of benzene rings is 1. The van der Waals surface area contributed by atoms with Crippen LogP contribution in [0.5, 0.6) is 0 Å².